The van der Waals surface area contributed by atoms with Crippen molar-refractivity contribution < 1.29 is 9.47 Å². The van der Waals surface area contributed by atoms with Gasteiger partial charge < -0.3 is 9.47 Å². The second kappa shape index (κ2) is 2.08. The zero-order chi connectivity index (χ0) is 7.95. The molecule has 0 bridgehead atoms. The minimum atomic E-state index is -0.451. The molecule has 0 N–H and O–H groups in total. The van der Waals surface area contributed by atoms with Crippen molar-refractivity contribution in [3.8, 4) is 0 Å². The molecule has 2 rings (SSSR count). The third-order valence-corrected chi connectivity index (χ3v) is 3.05. The van der Waals surface area contributed by atoms with E-state index in [1.54, 1.807) is 0 Å². The monoisotopic (exact) mass is 154 g/mol. The normalized spacial score (nSPS) is 49.2. The highest BCUT2D eigenvalue weighted by Gasteiger charge is 2.56. The average Bonchev–Trinajstić information content (AvgIpc) is 2.41. The van der Waals surface area contributed by atoms with E-state index in [4.69, 9.17) is 9.47 Å². The van der Waals surface area contributed by atoms with E-state index in [1.165, 1.54) is 0 Å². The van der Waals surface area contributed by atoms with Gasteiger partial charge in [-0.15, -0.1) is 0 Å². The average molecular weight is 154 g/mol. The molecule has 2 fully saturated rings. The van der Waals surface area contributed by atoms with Gasteiger partial charge in [-0.25, -0.2) is 0 Å². The lowest BCUT2D eigenvalue weighted by molar-refractivity contribution is -0.176. The molecule has 2 aliphatic rings. The summed E-state index contributed by atoms with van der Waals surface area (Å²) in [5.41, 5.74) is 0.189. The van der Waals surface area contributed by atoms with Gasteiger partial charge in [0.15, 0.2) is 5.79 Å². The number of ether oxygens (including phenoxy) is 2. The SMILES string of the molecule is C=CC12OCCC1(C)CCO2. The van der Waals surface area contributed by atoms with Crippen molar-refractivity contribution in [2.24, 2.45) is 5.41 Å². The zero-order valence-electron chi connectivity index (χ0n) is 6.93. The van der Waals surface area contributed by atoms with Crippen LogP contribution in [0.2, 0.25) is 0 Å². The molecule has 2 nitrogen and oxygen atoms in total. The van der Waals surface area contributed by atoms with E-state index in [0.717, 1.165) is 26.1 Å². The molecule has 0 unspecified atom stereocenters. The quantitative estimate of drug-likeness (QED) is 0.535. The van der Waals surface area contributed by atoms with Crippen LogP contribution in [0.5, 0.6) is 0 Å². The molecule has 0 spiro atoms. The molecule has 2 aliphatic heterocycles. The van der Waals surface area contributed by atoms with Crippen LogP contribution < -0.4 is 0 Å². The van der Waals surface area contributed by atoms with Crippen molar-refractivity contribution in [3.05, 3.63) is 12.7 Å². The molecule has 2 heteroatoms. The molecule has 0 aliphatic carbocycles. The van der Waals surface area contributed by atoms with Crippen LogP contribution in [0.25, 0.3) is 0 Å². The van der Waals surface area contributed by atoms with Gasteiger partial charge in [-0.05, 0) is 18.9 Å². The van der Waals surface area contributed by atoms with E-state index in [9.17, 15) is 0 Å². The molecule has 0 aromatic rings. The first-order chi connectivity index (χ1) is 5.22. The lowest BCUT2D eigenvalue weighted by Crippen LogP contribution is -2.37. The summed E-state index contributed by atoms with van der Waals surface area (Å²) in [7, 11) is 0. The van der Waals surface area contributed by atoms with E-state index in [-0.39, 0.29) is 5.41 Å². The number of fused-ring (bicyclic) bond motifs is 1. The summed E-state index contributed by atoms with van der Waals surface area (Å²) < 4.78 is 11.2. The molecule has 0 atom stereocenters. The maximum atomic E-state index is 5.58. The highest BCUT2D eigenvalue weighted by molar-refractivity contribution is 5.08. The fraction of sp³-hybridized carbons (Fsp3) is 0.778. The Kier molecular flexibility index (Phi) is 1.38. The lowest BCUT2D eigenvalue weighted by atomic mass is 9.80. The molecule has 11 heavy (non-hydrogen) atoms. The summed E-state index contributed by atoms with van der Waals surface area (Å²) in [4.78, 5) is 0. The largest absolute Gasteiger partial charge is 0.346 e. The third-order valence-electron chi connectivity index (χ3n) is 3.05. The van der Waals surface area contributed by atoms with E-state index < -0.39 is 5.79 Å². The van der Waals surface area contributed by atoms with Gasteiger partial charge in [-0.2, -0.15) is 0 Å². The van der Waals surface area contributed by atoms with E-state index in [2.05, 4.69) is 13.5 Å². The van der Waals surface area contributed by atoms with Gasteiger partial charge in [0.2, 0.25) is 0 Å². The molecule has 0 amide bonds. The Hall–Kier alpha value is -0.340. The number of rotatable bonds is 1. The third kappa shape index (κ3) is 0.741. The standard InChI is InChI=1S/C9H14O2/c1-3-9-8(2,4-6-10-9)5-7-11-9/h3H,1,4-7H2,2H3. The Morgan fingerprint density at radius 2 is 1.82 bits per heavy atom. The summed E-state index contributed by atoms with van der Waals surface area (Å²) in [5, 5.41) is 0. The van der Waals surface area contributed by atoms with Crippen molar-refractivity contribution in [1.82, 2.24) is 0 Å². The molecule has 2 saturated heterocycles. The van der Waals surface area contributed by atoms with Crippen molar-refractivity contribution in [2.75, 3.05) is 13.2 Å². The molecule has 0 aromatic heterocycles. The Bertz CT molecular complexity index is 176. The van der Waals surface area contributed by atoms with Crippen LogP contribution in [0.15, 0.2) is 12.7 Å². The highest BCUT2D eigenvalue weighted by Crippen LogP contribution is 2.51. The second-order valence-corrected chi connectivity index (χ2v) is 3.63. The highest BCUT2D eigenvalue weighted by atomic mass is 16.7. The van der Waals surface area contributed by atoms with Crippen LogP contribution in [-0.4, -0.2) is 19.0 Å². The van der Waals surface area contributed by atoms with Gasteiger partial charge in [0.25, 0.3) is 0 Å². The van der Waals surface area contributed by atoms with Crippen molar-refractivity contribution in [1.29, 1.82) is 0 Å². The topological polar surface area (TPSA) is 18.5 Å². The summed E-state index contributed by atoms with van der Waals surface area (Å²) in [5.74, 6) is -0.451. The van der Waals surface area contributed by atoms with Crippen LogP contribution in [-0.2, 0) is 9.47 Å². The molecule has 2 heterocycles. The van der Waals surface area contributed by atoms with Crippen LogP contribution in [0.1, 0.15) is 19.8 Å². The van der Waals surface area contributed by atoms with E-state index in [0.29, 0.717) is 0 Å². The Balaban J connectivity index is 2.35. The molecular formula is C9H14O2. The molecule has 0 aromatic carbocycles. The van der Waals surface area contributed by atoms with Crippen molar-refractivity contribution in [3.63, 3.8) is 0 Å². The van der Waals surface area contributed by atoms with Gasteiger partial charge in [-0.1, -0.05) is 13.5 Å². The predicted molar refractivity (Wildman–Crippen MR) is 42.2 cm³/mol. The van der Waals surface area contributed by atoms with Gasteiger partial charge in [0, 0.05) is 5.41 Å². The van der Waals surface area contributed by atoms with Crippen LogP contribution in [0, 0.1) is 5.41 Å². The second-order valence-electron chi connectivity index (χ2n) is 3.63. The smallest absolute Gasteiger partial charge is 0.193 e. The summed E-state index contributed by atoms with van der Waals surface area (Å²) in [6.07, 6.45) is 4.00. The Morgan fingerprint density at radius 1 is 1.27 bits per heavy atom. The number of hydrogen-bond donors (Lipinski definition) is 0. The molecule has 62 valence electrons. The van der Waals surface area contributed by atoms with Crippen LogP contribution in [0.3, 0.4) is 0 Å². The summed E-state index contributed by atoms with van der Waals surface area (Å²) >= 11 is 0. The minimum absolute atomic E-state index is 0.189. The number of hydrogen-bond acceptors (Lipinski definition) is 2. The molecule has 0 radical (unpaired) electrons. The van der Waals surface area contributed by atoms with Gasteiger partial charge in [-0.3, -0.25) is 0 Å². The fourth-order valence-electron chi connectivity index (χ4n) is 2.08. The van der Waals surface area contributed by atoms with Gasteiger partial charge in [0.1, 0.15) is 0 Å². The first-order valence-corrected chi connectivity index (χ1v) is 4.14. The van der Waals surface area contributed by atoms with E-state index in [1.807, 2.05) is 6.08 Å². The van der Waals surface area contributed by atoms with E-state index >= 15 is 0 Å². The van der Waals surface area contributed by atoms with Crippen LogP contribution >= 0.6 is 0 Å². The lowest BCUT2D eigenvalue weighted by Gasteiger charge is -2.31. The Labute approximate surface area is 67.2 Å². The maximum Gasteiger partial charge on any atom is 0.193 e. The van der Waals surface area contributed by atoms with Gasteiger partial charge in [0.05, 0.1) is 13.2 Å². The fourth-order valence-corrected chi connectivity index (χ4v) is 2.08. The first kappa shape index (κ1) is 7.32. The predicted octanol–water partition coefficient (Wildman–Crippen LogP) is 1.72. The maximum absolute atomic E-state index is 5.58. The first-order valence-electron chi connectivity index (χ1n) is 4.14. The Morgan fingerprint density at radius 3 is 2.18 bits per heavy atom. The zero-order valence-corrected chi connectivity index (χ0v) is 6.93. The summed E-state index contributed by atoms with van der Waals surface area (Å²) in [6, 6.07) is 0. The van der Waals surface area contributed by atoms with Crippen molar-refractivity contribution >= 4 is 0 Å². The van der Waals surface area contributed by atoms with Crippen molar-refractivity contribution in [2.45, 2.75) is 25.6 Å². The van der Waals surface area contributed by atoms with Crippen LogP contribution in [0.4, 0.5) is 0 Å². The molecule has 0 saturated carbocycles. The summed E-state index contributed by atoms with van der Waals surface area (Å²) in [6.45, 7) is 7.60. The van der Waals surface area contributed by atoms with Gasteiger partial charge >= 0.3 is 0 Å². The molecular weight excluding hydrogens is 140 g/mol. The minimum Gasteiger partial charge on any atom is -0.346 e.